The zero-order chi connectivity index (χ0) is 18.4. The highest BCUT2D eigenvalue weighted by atomic mass is 35.5. The van der Waals surface area contributed by atoms with Gasteiger partial charge in [-0.3, -0.25) is 4.79 Å². The highest BCUT2D eigenvalue weighted by Gasteiger charge is 2.25. The van der Waals surface area contributed by atoms with E-state index in [0.717, 1.165) is 5.56 Å². The lowest BCUT2D eigenvalue weighted by Crippen LogP contribution is -2.39. The Morgan fingerprint density at radius 3 is 2.12 bits per heavy atom. The number of carbonyl (C=O) groups is 2. The van der Waals surface area contributed by atoms with E-state index in [1.54, 1.807) is 42.5 Å². The molecule has 0 saturated heterocycles. The zero-order valence-corrected chi connectivity index (χ0v) is 15.2. The van der Waals surface area contributed by atoms with E-state index in [9.17, 15) is 14.7 Å². The van der Waals surface area contributed by atoms with Gasteiger partial charge in [-0.25, -0.2) is 4.79 Å². The number of carboxylic acids is 1. The lowest BCUT2D eigenvalue weighted by molar-refractivity contribution is -0.138. The van der Waals surface area contributed by atoms with Crippen LogP contribution >= 0.6 is 34.8 Å². The Morgan fingerprint density at radius 2 is 1.52 bits per heavy atom. The average molecular weight is 402 g/mol. The van der Waals surface area contributed by atoms with E-state index in [1.807, 2.05) is 0 Å². The van der Waals surface area contributed by atoms with Crippen molar-refractivity contribution in [2.45, 2.75) is 12.5 Å². The van der Waals surface area contributed by atoms with E-state index >= 15 is 0 Å². The van der Waals surface area contributed by atoms with Crippen molar-refractivity contribution in [3.8, 4) is 0 Å². The summed E-state index contributed by atoms with van der Waals surface area (Å²) in [5, 5.41) is 15.6. The van der Waals surface area contributed by atoms with Gasteiger partial charge >= 0.3 is 12.0 Å². The Balaban J connectivity index is 1.98. The summed E-state index contributed by atoms with van der Waals surface area (Å²) in [4.78, 5) is 23.5. The normalized spacial score (nSPS) is 11.6. The fraction of sp³-hybridized carbons (Fsp3) is 0.176. The van der Waals surface area contributed by atoms with Crippen molar-refractivity contribution >= 4 is 46.8 Å². The molecule has 5 nitrogen and oxygen atoms in total. The first-order valence-electron chi connectivity index (χ1n) is 7.32. The van der Waals surface area contributed by atoms with Gasteiger partial charge in [-0.1, -0.05) is 59.1 Å². The first-order chi connectivity index (χ1) is 11.9. The van der Waals surface area contributed by atoms with Crippen LogP contribution in [0.25, 0.3) is 0 Å². The Morgan fingerprint density at radius 1 is 0.920 bits per heavy atom. The molecular weight excluding hydrogens is 387 g/mol. The number of carbonyl (C=O) groups excluding carboxylic acids is 1. The molecule has 2 amide bonds. The lowest BCUT2D eigenvalue weighted by Gasteiger charge is -2.17. The number of amides is 2. The number of urea groups is 1. The molecule has 0 saturated carbocycles. The molecule has 2 aromatic carbocycles. The lowest BCUT2D eigenvalue weighted by atomic mass is 9.99. The predicted octanol–water partition coefficient (Wildman–Crippen LogP) is 4.31. The van der Waals surface area contributed by atoms with E-state index in [0.29, 0.717) is 5.02 Å². The van der Waals surface area contributed by atoms with Gasteiger partial charge in [-0.05, 0) is 23.8 Å². The number of aliphatic carboxylic acids is 1. The Bertz CT molecular complexity index is 763. The second kappa shape index (κ2) is 8.94. The van der Waals surface area contributed by atoms with Gasteiger partial charge in [0.15, 0.2) is 0 Å². The topological polar surface area (TPSA) is 78.4 Å². The summed E-state index contributed by atoms with van der Waals surface area (Å²) >= 11 is 18.1. The second-order valence-electron chi connectivity index (χ2n) is 5.18. The summed E-state index contributed by atoms with van der Waals surface area (Å²) in [5.74, 6) is -2.20. The molecule has 0 heterocycles. The molecule has 3 N–H and O–H groups in total. The monoisotopic (exact) mass is 400 g/mol. The third-order valence-corrected chi connectivity index (χ3v) is 4.54. The van der Waals surface area contributed by atoms with E-state index < -0.39 is 17.9 Å². The molecule has 0 spiro atoms. The van der Waals surface area contributed by atoms with Crippen LogP contribution in [0.3, 0.4) is 0 Å². The molecule has 1 unspecified atom stereocenters. The van der Waals surface area contributed by atoms with Crippen molar-refractivity contribution in [2.24, 2.45) is 0 Å². The molecule has 2 rings (SSSR count). The maximum absolute atomic E-state index is 11.9. The van der Waals surface area contributed by atoms with Crippen molar-refractivity contribution in [2.75, 3.05) is 6.54 Å². The molecule has 25 heavy (non-hydrogen) atoms. The quantitative estimate of drug-likeness (QED) is 0.675. The zero-order valence-electron chi connectivity index (χ0n) is 12.9. The van der Waals surface area contributed by atoms with Crippen molar-refractivity contribution in [1.82, 2.24) is 10.6 Å². The Kier molecular flexibility index (Phi) is 6.93. The molecule has 0 aliphatic heterocycles. The standard InChI is InChI=1S/C17H15Cl3N2O3/c18-12-5-2-1-4-10(12)8-21-17(25)22-9-11(16(23)24)15-13(19)6-3-7-14(15)20/h1-7,11H,8-9H2,(H,23,24)(H2,21,22,25). The van der Waals surface area contributed by atoms with E-state index in [-0.39, 0.29) is 28.7 Å². The van der Waals surface area contributed by atoms with Crippen LogP contribution in [0.1, 0.15) is 17.0 Å². The first kappa shape index (κ1) is 19.4. The molecule has 0 aliphatic rings. The molecule has 2 aromatic rings. The summed E-state index contributed by atoms with van der Waals surface area (Å²) in [5.41, 5.74) is 1.02. The van der Waals surface area contributed by atoms with Gasteiger partial charge in [0, 0.05) is 33.7 Å². The number of carboxylic acid groups (broad SMARTS) is 1. The maximum atomic E-state index is 11.9. The van der Waals surface area contributed by atoms with Crippen LogP contribution in [0.5, 0.6) is 0 Å². The van der Waals surface area contributed by atoms with Gasteiger partial charge in [0.1, 0.15) is 5.92 Å². The molecule has 0 radical (unpaired) electrons. The molecule has 8 heteroatoms. The molecule has 1 atom stereocenters. The summed E-state index contributed by atoms with van der Waals surface area (Å²) in [6, 6.07) is 11.3. The SMILES string of the molecule is O=C(NCc1ccccc1Cl)NCC(C(=O)O)c1c(Cl)cccc1Cl. The molecule has 0 bridgehead atoms. The van der Waals surface area contributed by atoms with Crippen molar-refractivity contribution in [3.63, 3.8) is 0 Å². The maximum Gasteiger partial charge on any atom is 0.315 e. The molecule has 0 aliphatic carbocycles. The number of rotatable bonds is 6. The Hall–Kier alpha value is -1.95. The van der Waals surface area contributed by atoms with E-state index in [4.69, 9.17) is 34.8 Å². The summed E-state index contributed by atoms with van der Waals surface area (Å²) in [6.45, 7) is 0.0588. The van der Waals surface area contributed by atoms with E-state index in [2.05, 4.69) is 10.6 Å². The van der Waals surface area contributed by atoms with Crippen LogP contribution in [0.2, 0.25) is 15.1 Å². The molecule has 0 fully saturated rings. The van der Waals surface area contributed by atoms with Crippen LogP contribution < -0.4 is 10.6 Å². The van der Waals surface area contributed by atoms with Crippen molar-refractivity contribution in [3.05, 3.63) is 68.7 Å². The fourth-order valence-electron chi connectivity index (χ4n) is 2.23. The first-order valence-corrected chi connectivity index (χ1v) is 8.45. The van der Waals surface area contributed by atoms with Crippen LogP contribution in [-0.4, -0.2) is 23.7 Å². The third kappa shape index (κ3) is 5.26. The largest absolute Gasteiger partial charge is 0.481 e. The number of benzene rings is 2. The van der Waals surface area contributed by atoms with Gasteiger partial charge in [-0.2, -0.15) is 0 Å². The number of halogens is 3. The Labute approximate surface area is 159 Å². The minimum atomic E-state index is -1.14. The highest BCUT2D eigenvalue weighted by molar-refractivity contribution is 6.36. The summed E-state index contributed by atoms with van der Waals surface area (Å²) in [6.07, 6.45) is 0. The van der Waals surface area contributed by atoms with Gasteiger partial charge in [0.2, 0.25) is 0 Å². The van der Waals surface area contributed by atoms with Gasteiger partial charge in [0.05, 0.1) is 0 Å². The molecule has 132 valence electrons. The van der Waals surface area contributed by atoms with Crippen LogP contribution in [-0.2, 0) is 11.3 Å². The fourth-order valence-corrected chi connectivity index (χ4v) is 3.09. The summed E-state index contributed by atoms with van der Waals surface area (Å²) < 4.78 is 0. The molecular formula is C17H15Cl3N2O3. The highest BCUT2D eigenvalue weighted by Crippen LogP contribution is 2.31. The van der Waals surface area contributed by atoms with Gasteiger partial charge in [-0.15, -0.1) is 0 Å². The summed E-state index contributed by atoms with van der Waals surface area (Å²) in [7, 11) is 0. The number of nitrogens with one attached hydrogen (secondary N) is 2. The van der Waals surface area contributed by atoms with Crippen LogP contribution in [0.15, 0.2) is 42.5 Å². The van der Waals surface area contributed by atoms with Gasteiger partial charge in [0.25, 0.3) is 0 Å². The average Bonchev–Trinajstić information content (AvgIpc) is 2.56. The van der Waals surface area contributed by atoms with Crippen LogP contribution in [0.4, 0.5) is 4.79 Å². The van der Waals surface area contributed by atoms with Crippen LogP contribution in [0, 0.1) is 0 Å². The minimum absolute atomic E-state index is 0.160. The third-order valence-electron chi connectivity index (χ3n) is 3.51. The predicted molar refractivity (Wildman–Crippen MR) is 98.5 cm³/mol. The number of hydrogen-bond donors (Lipinski definition) is 3. The smallest absolute Gasteiger partial charge is 0.315 e. The van der Waals surface area contributed by atoms with E-state index in [1.165, 1.54) is 0 Å². The minimum Gasteiger partial charge on any atom is -0.481 e. The second-order valence-corrected chi connectivity index (χ2v) is 6.40. The van der Waals surface area contributed by atoms with Crippen molar-refractivity contribution in [1.29, 1.82) is 0 Å². The van der Waals surface area contributed by atoms with Crippen molar-refractivity contribution < 1.29 is 14.7 Å². The number of hydrogen-bond acceptors (Lipinski definition) is 2. The molecule has 0 aromatic heterocycles. The van der Waals surface area contributed by atoms with Gasteiger partial charge < -0.3 is 15.7 Å².